The van der Waals surface area contributed by atoms with Gasteiger partial charge in [-0.3, -0.25) is 0 Å². The molecule has 22 heavy (non-hydrogen) atoms. The van der Waals surface area contributed by atoms with Crippen LogP contribution in [0.4, 0.5) is 0 Å². The van der Waals surface area contributed by atoms with Gasteiger partial charge in [-0.25, -0.2) is 4.79 Å². The topological polar surface area (TPSA) is 26.3 Å². The second-order valence-electron chi connectivity index (χ2n) is 5.29. The highest BCUT2D eigenvalue weighted by Crippen LogP contribution is 2.21. The summed E-state index contributed by atoms with van der Waals surface area (Å²) >= 11 is 0. The second-order valence-corrected chi connectivity index (χ2v) is 5.29. The molecule has 2 nitrogen and oxygen atoms in total. The van der Waals surface area contributed by atoms with E-state index in [1.54, 1.807) is 0 Å². The van der Waals surface area contributed by atoms with Gasteiger partial charge in [0, 0.05) is 0 Å². The van der Waals surface area contributed by atoms with Crippen LogP contribution >= 0.6 is 0 Å². The first kappa shape index (κ1) is 14.3. The lowest BCUT2D eigenvalue weighted by atomic mass is 9.96. The molecule has 3 rings (SSSR count). The Morgan fingerprint density at radius 3 is 2.32 bits per heavy atom. The predicted octanol–water partition coefficient (Wildman–Crippen LogP) is 4.41. The molecule has 0 atom stereocenters. The molecule has 3 aromatic carbocycles. The Morgan fingerprint density at radius 2 is 1.45 bits per heavy atom. The van der Waals surface area contributed by atoms with Crippen molar-refractivity contribution in [1.82, 2.24) is 0 Å². The highest BCUT2D eigenvalue weighted by atomic mass is 16.5. The highest BCUT2D eigenvalue weighted by Gasteiger charge is 2.11. The van der Waals surface area contributed by atoms with Crippen molar-refractivity contribution in [1.29, 1.82) is 0 Å². The number of esters is 1. The van der Waals surface area contributed by atoms with Gasteiger partial charge in [-0.1, -0.05) is 60.7 Å². The summed E-state index contributed by atoms with van der Waals surface area (Å²) in [5.74, 6) is -0.270. The zero-order chi connectivity index (χ0) is 15.4. The number of carbonyl (C=O) groups excluding carboxylic acids is 1. The number of rotatable bonds is 4. The molecule has 110 valence electrons. The van der Waals surface area contributed by atoms with E-state index in [0.717, 1.165) is 18.4 Å². The number of fused-ring (bicyclic) bond motifs is 1. The molecule has 2 heteroatoms. The van der Waals surface area contributed by atoms with Gasteiger partial charge in [-0.2, -0.15) is 0 Å². The molecule has 0 aromatic heterocycles. The molecule has 0 saturated heterocycles. The fourth-order valence-electron chi connectivity index (χ4n) is 2.83. The molecule has 0 aliphatic heterocycles. The van der Waals surface area contributed by atoms with E-state index in [9.17, 15) is 4.79 Å². The summed E-state index contributed by atoms with van der Waals surface area (Å²) in [6, 6.07) is 22.4. The number of carbonyl (C=O) groups is 1. The van der Waals surface area contributed by atoms with Crippen molar-refractivity contribution in [2.45, 2.75) is 12.8 Å². The minimum atomic E-state index is -0.270. The van der Waals surface area contributed by atoms with Crippen LogP contribution in [0.2, 0.25) is 0 Å². The monoisotopic (exact) mass is 290 g/mol. The summed E-state index contributed by atoms with van der Waals surface area (Å²) < 4.78 is 4.86. The molecule has 0 bridgehead atoms. The fraction of sp³-hybridized carbons (Fsp3) is 0.150. The molecule has 0 N–H and O–H groups in total. The normalized spacial score (nSPS) is 10.6. The van der Waals surface area contributed by atoms with Gasteiger partial charge in [-0.15, -0.1) is 0 Å². The molecule has 0 aliphatic rings. The van der Waals surface area contributed by atoms with Gasteiger partial charge >= 0.3 is 5.97 Å². The number of hydrogen-bond donors (Lipinski definition) is 0. The lowest BCUT2D eigenvalue weighted by molar-refractivity contribution is 0.0599. The molecule has 0 saturated carbocycles. The van der Waals surface area contributed by atoms with Gasteiger partial charge in [0.2, 0.25) is 0 Å². The maximum Gasteiger partial charge on any atom is 0.338 e. The number of hydrogen-bond acceptors (Lipinski definition) is 2. The van der Waals surface area contributed by atoms with Crippen LogP contribution in [0.25, 0.3) is 10.8 Å². The molecule has 0 spiro atoms. The van der Waals surface area contributed by atoms with Crippen molar-refractivity contribution in [3.05, 3.63) is 83.4 Å². The molecule has 0 fully saturated rings. The molecule has 3 aromatic rings. The van der Waals surface area contributed by atoms with Crippen molar-refractivity contribution in [2.75, 3.05) is 7.11 Å². The largest absolute Gasteiger partial charge is 0.465 e. The third-order valence-electron chi connectivity index (χ3n) is 3.97. The Bertz CT molecular complexity index is 800. The van der Waals surface area contributed by atoms with Crippen LogP contribution < -0.4 is 0 Å². The Hall–Kier alpha value is -2.61. The van der Waals surface area contributed by atoms with Crippen molar-refractivity contribution in [3.63, 3.8) is 0 Å². The van der Waals surface area contributed by atoms with E-state index in [2.05, 4.69) is 42.5 Å². The standard InChI is InChI=1S/C20H18O2/c1-22-20(21)19-12-5-3-8-17(19)14-13-16-10-6-9-15-7-2-4-11-18(15)16/h2-12H,13-14H2,1H3. The van der Waals surface area contributed by atoms with Crippen LogP contribution in [-0.4, -0.2) is 13.1 Å². The van der Waals surface area contributed by atoms with E-state index in [4.69, 9.17) is 4.74 Å². The average molecular weight is 290 g/mol. The van der Waals surface area contributed by atoms with Gasteiger partial charge in [-0.05, 0) is 40.8 Å². The lowest BCUT2D eigenvalue weighted by Crippen LogP contribution is -2.06. The van der Waals surface area contributed by atoms with E-state index >= 15 is 0 Å². The number of methoxy groups -OCH3 is 1. The van der Waals surface area contributed by atoms with Crippen molar-refractivity contribution in [2.24, 2.45) is 0 Å². The number of ether oxygens (including phenoxy) is 1. The van der Waals surface area contributed by atoms with Gasteiger partial charge in [0.15, 0.2) is 0 Å². The second kappa shape index (κ2) is 6.44. The van der Waals surface area contributed by atoms with Crippen molar-refractivity contribution < 1.29 is 9.53 Å². The Kier molecular flexibility index (Phi) is 4.19. The average Bonchev–Trinajstić information content (AvgIpc) is 2.59. The Balaban J connectivity index is 1.88. The summed E-state index contributed by atoms with van der Waals surface area (Å²) in [7, 11) is 1.42. The SMILES string of the molecule is COC(=O)c1ccccc1CCc1cccc2ccccc12. The van der Waals surface area contributed by atoms with Crippen LogP contribution in [0.3, 0.4) is 0 Å². The fourth-order valence-corrected chi connectivity index (χ4v) is 2.83. The summed E-state index contributed by atoms with van der Waals surface area (Å²) in [6.45, 7) is 0. The van der Waals surface area contributed by atoms with Crippen LogP contribution in [0.1, 0.15) is 21.5 Å². The third-order valence-corrected chi connectivity index (χ3v) is 3.97. The van der Waals surface area contributed by atoms with Gasteiger partial charge in [0.1, 0.15) is 0 Å². The zero-order valence-electron chi connectivity index (χ0n) is 12.6. The molecule has 0 aliphatic carbocycles. The Morgan fingerprint density at radius 1 is 0.818 bits per heavy atom. The van der Waals surface area contributed by atoms with Gasteiger partial charge in [0.05, 0.1) is 12.7 Å². The van der Waals surface area contributed by atoms with Crippen molar-refractivity contribution >= 4 is 16.7 Å². The highest BCUT2D eigenvalue weighted by molar-refractivity contribution is 5.91. The van der Waals surface area contributed by atoms with E-state index in [1.165, 1.54) is 23.4 Å². The minimum Gasteiger partial charge on any atom is -0.465 e. The predicted molar refractivity (Wildman–Crippen MR) is 89.1 cm³/mol. The van der Waals surface area contributed by atoms with Gasteiger partial charge in [0.25, 0.3) is 0 Å². The summed E-state index contributed by atoms with van der Waals surface area (Å²) in [6.07, 6.45) is 1.72. The smallest absolute Gasteiger partial charge is 0.338 e. The first-order valence-electron chi connectivity index (χ1n) is 7.42. The van der Waals surface area contributed by atoms with E-state index < -0.39 is 0 Å². The number of aryl methyl sites for hydroxylation is 2. The van der Waals surface area contributed by atoms with Crippen LogP contribution in [-0.2, 0) is 17.6 Å². The van der Waals surface area contributed by atoms with Crippen LogP contribution in [0.15, 0.2) is 66.7 Å². The molecule has 0 radical (unpaired) electrons. The Labute approximate surface area is 130 Å². The first-order chi connectivity index (χ1) is 10.8. The summed E-state index contributed by atoms with van der Waals surface area (Å²) in [5.41, 5.74) is 2.99. The quantitative estimate of drug-likeness (QED) is 0.665. The summed E-state index contributed by atoms with van der Waals surface area (Å²) in [4.78, 5) is 11.8. The van der Waals surface area contributed by atoms with Gasteiger partial charge < -0.3 is 4.74 Å². The molecule has 0 unspecified atom stereocenters. The van der Waals surface area contributed by atoms with Crippen molar-refractivity contribution in [3.8, 4) is 0 Å². The maximum absolute atomic E-state index is 11.8. The molecular formula is C20H18O2. The van der Waals surface area contributed by atoms with Crippen LogP contribution in [0.5, 0.6) is 0 Å². The molecular weight excluding hydrogens is 272 g/mol. The summed E-state index contributed by atoms with van der Waals surface area (Å²) in [5, 5.41) is 2.53. The van der Waals surface area contributed by atoms with E-state index in [0.29, 0.717) is 5.56 Å². The lowest BCUT2D eigenvalue weighted by Gasteiger charge is -2.09. The van der Waals surface area contributed by atoms with E-state index in [1.807, 2.05) is 24.3 Å². The maximum atomic E-state index is 11.8. The molecule has 0 heterocycles. The third kappa shape index (κ3) is 2.86. The minimum absolute atomic E-state index is 0.270. The van der Waals surface area contributed by atoms with Crippen LogP contribution in [0, 0.1) is 0 Å². The zero-order valence-corrected chi connectivity index (χ0v) is 12.6. The first-order valence-corrected chi connectivity index (χ1v) is 7.42. The number of benzene rings is 3. The van der Waals surface area contributed by atoms with E-state index in [-0.39, 0.29) is 5.97 Å². The molecule has 0 amide bonds.